The molecule has 94 valence electrons. The minimum Gasteiger partial charge on any atom is -0.338 e. The zero-order valence-corrected chi connectivity index (χ0v) is 10.7. The first-order chi connectivity index (χ1) is 8.11. The van der Waals surface area contributed by atoms with E-state index < -0.39 is 0 Å². The molecule has 0 heterocycles. The number of urea groups is 1. The summed E-state index contributed by atoms with van der Waals surface area (Å²) in [6, 6.07) is 8.13. The highest BCUT2D eigenvalue weighted by Crippen LogP contribution is 2.10. The Balaban J connectivity index is 2.56. The summed E-state index contributed by atoms with van der Waals surface area (Å²) in [5, 5.41) is 8.83. The summed E-state index contributed by atoms with van der Waals surface area (Å²) in [6.07, 6.45) is 0. The molecule has 17 heavy (non-hydrogen) atoms. The van der Waals surface area contributed by atoms with E-state index in [1.165, 1.54) is 0 Å². The van der Waals surface area contributed by atoms with Crippen LogP contribution in [0.2, 0.25) is 0 Å². The summed E-state index contributed by atoms with van der Waals surface area (Å²) in [7, 11) is 0. The molecule has 0 saturated carbocycles. The monoisotopic (exact) mass is 235 g/mol. The molecule has 0 saturated heterocycles. The molecule has 0 spiro atoms. The van der Waals surface area contributed by atoms with Crippen molar-refractivity contribution in [1.82, 2.24) is 10.6 Å². The van der Waals surface area contributed by atoms with Crippen LogP contribution < -0.4 is 16.0 Å². The zero-order valence-electron chi connectivity index (χ0n) is 10.7. The second-order valence-corrected chi connectivity index (χ2v) is 4.22. The van der Waals surface area contributed by atoms with Gasteiger partial charge >= 0.3 is 6.03 Å². The molecule has 4 heteroatoms. The molecule has 0 bridgehead atoms. The molecule has 1 rings (SSSR count). The average Bonchev–Trinajstić information content (AvgIpc) is 2.27. The predicted molar refractivity (Wildman–Crippen MR) is 71.1 cm³/mol. The van der Waals surface area contributed by atoms with Crippen molar-refractivity contribution in [2.75, 3.05) is 11.9 Å². The van der Waals surface area contributed by atoms with Crippen molar-refractivity contribution < 1.29 is 4.79 Å². The van der Waals surface area contributed by atoms with Crippen LogP contribution in [-0.2, 0) is 6.54 Å². The van der Waals surface area contributed by atoms with Gasteiger partial charge in [0.25, 0.3) is 0 Å². The third-order valence-electron chi connectivity index (χ3n) is 2.24. The molecule has 3 N–H and O–H groups in total. The lowest BCUT2D eigenvalue weighted by Crippen LogP contribution is -2.28. The van der Waals surface area contributed by atoms with Crippen LogP contribution in [0.3, 0.4) is 0 Å². The van der Waals surface area contributed by atoms with Gasteiger partial charge in [-0.25, -0.2) is 4.79 Å². The first-order valence-corrected chi connectivity index (χ1v) is 5.99. The van der Waals surface area contributed by atoms with Gasteiger partial charge in [-0.05, 0) is 24.6 Å². The quantitative estimate of drug-likeness (QED) is 0.733. The predicted octanol–water partition coefficient (Wildman–Crippen LogP) is 2.33. The summed E-state index contributed by atoms with van der Waals surface area (Å²) in [4.78, 5) is 11.4. The summed E-state index contributed by atoms with van der Waals surface area (Å²) in [6.45, 7) is 7.54. The maximum Gasteiger partial charge on any atom is 0.319 e. The van der Waals surface area contributed by atoms with Crippen molar-refractivity contribution in [3.63, 3.8) is 0 Å². The topological polar surface area (TPSA) is 53.2 Å². The fourth-order valence-corrected chi connectivity index (χ4v) is 1.42. The van der Waals surface area contributed by atoms with Gasteiger partial charge in [0, 0.05) is 24.8 Å². The van der Waals surface area contributed by atoms with Crippen LogP contribution in [-0.4, -0.2) is 18.6 Å². The number of nitrogens with one attached hydrogen (secondary N) is 3. The van der Waals surface area contributed by atoms with Gasteiger partial charge in [0.05, 0.1) is 0 Å². The Morgan fingerprint density at radius 2 is 2.12 bits per heavy atom. The normalized spacial score (nSPS) is 10.4. The van der Waals surface area contributed by atoms with Crippen LogP contribution in [0.4, 0.5) is 10.5 Å². The molecule has 0 fully saturated rings. The van der Waals surface area contributed by atoms with E-state index in [1.807, 2.05) is 31.2 Å². The number of carbonyl (C=O) groups excluding carboxylic acids is 1. The molecule has 1 aromatic rings. The van der Waals surface area contributed by atoms with Gasteiger partial charge in [0.15, 0.2) is 0 Å². The largest absolute Gasteiger partial charge is 0.338 e. The highest BCUT2D eigenvalue weighted by molar-refractivity contribution is 5.89. The smallest absolute Gasteiger partial charge is 0.319 e. The molecule has 0 radical (unpaired) electrons. The van der Waals surface area contributed by atoms with E-state index in [1.54, 1.807) is 0 Å². The summed E-state index contributed by atoms with van der Waals surface area (Å²) in [5.41, 5.74) is 1.98. The number of hydrogen-bond acceptors (Lipinski definition) is 2. The van der Waals surface area contributed by atoms with Gasteiger partial charge in [-0.15, -0.1) is 0 Å². The Bertz CT molecular complexity index is 363. The molecule has 0 aromatic heterocycles. The summed E-state index contributed by atoms with van der Waals surface area (Å²) >= 11 is 0. The lowest BCUT2D eigenvalue weighted by molar-refractivity contribution is 0.252. The molecule has 2 amide bonds. The van der Waals surface area contributed by atoms with Crippen LogP contribution in [0.1, 0.15) is 26.3 Å². The fraction of sp³-hybridized carbons (Fsp3) is 0.462. The third kappa shape index (κ3) is 5.36. The molecule has 0 aliphatic heterocycles. The summed E-state index contributed by atoms with van der Waals surface area (Å²) < 4.78 is 0. The zero-order chi connectivity index (χ0) is 12.7. The van der Waals surface area contributed by atoms with Gasteiger partial charge in [-0.3, -0.25) is 0 Å². The second kappa shape index (κ2) is 6.91. The second-order valence-electron chi connectivity index (χ2n) is 4.22. The van der Waals surface area contributed by atoms with E-state index in [9.17, 15) is 4.79 Å². The van der Waals surface area contributed by atoms with Gasteiger partial charge < -0.3 is 16.0 Å². The average molecular weight is 235 g/mol. The maximum atomic E-state index is 11.4. The van der Waals surface area contributed by atoms with Crippen LogP contribution in [0.15, 0.2) is 24.3 Å². The third-order valence-corrected chi connectivity index (χ3v) is 2.24. The molecule has 0 unspecified atom stereocenters. The van der Waals surface area contributed by atoms with Crippen LogP contribution >= 0.6 is 0 Å². The molecule has 0 aliphatic carbocycles. The Kier molecular flexibility index (Phi) is 5.49. The van der Waals surface area contributed by atoms with E-state index in [2.05, 4.69) is 29.8 Å². The Labute approximate surface area is 103 Å². The molecular weight excluding hydrogens is 214 g/mol. The van der Waals surface area contributed by atoms with Crippen LogP contribution in [0.5, 0.6) is 0 Å². The standard InChI is InChI=1S/C13H21N3O/c1-4-14-13(17)16-12-7-5-6-11(8-12)9-15-10(2)3/h5-8,10,15H,4,9H2,1-3H3,(H2,14,16,17). The number of benzene rings is 1. The van der Waals surface area contributed by atoms with Crippen molar-refractivity contribution >= 4 is 11.7 Å². The van der Waals surface area contributed by atoms with Crippen molar-refractivity contribution in [3.05, 3.63) is 29.8 Å². The van der Waals surface area contributed by atoms with Gasteiger partial charge in [0.1, 0.15) is 0 Å². The fourth-order valence-electron chi connectivity index (χ4n) is 1.42. The molecule has 1 aromatic carbocycles. The number of rotatable bonds is 5. The number of hydrogen-bond donors (Lipinski definition) is 3. The lowest BCUT2D eigenvalue weighted by Gasteiger charge is -2.10. The van der Waals surface area contributed by atoms with Crippen LogP contribution in [0, 0.1) is 0 Å². The number of amides is 2. The van der Waals surface area contributed by atoms with Gasteiger partial charge in [-0.2, -0.15) is 0 Å². The van der Waals surface area contributed by atoms with Gasteiger partial charge in [0.2, 0.25) is 0 Å². The minimum atomic E-state index is -0.165. The van der Waals surface area contributed by atoms with Crippen LogP contribution in [0.25, 0.3) is 0 Å². The molecule has 0 atom stereocenters. The van der Waals surface area contributed by atoms with Crippen molar-refractivity contribution in [1.29, 1.82) is 0 Å². The highest BCUT2D eigenvalue weighted by atomic mass is 16.2. The Morgan fingerprint density at radius 1 is 1.35 bits per heavy atom. The SMILES string of the molecule is CCNC(=O)Nc1cccc(CNC(C)C)c1. The molecule has 4 nitrogen and oxygen atoms in total. The number of carbonyl (C=O) groups is 1. The van der Waals surface area contributed by atoms with E-state index in [0.29, 0.717) is 12.6 Å². The highest BCUT2D eigenvalue weighted by Gasteiger charge is 2.01. The van der Waals surface area contributed by atoms with E-state index in [0.717, 1.165) is 17.8 Å². The maximum absolute atomic E-state index is 11.4. The van der Waals surface area contributed by atoms with Crippen molar-refractivity contribution in [2.45, 2.75) is 33.4 Å². The minimum absolute atomic E-state index is 0.165. The van der Waals surface area contributed by atoms with Crippen molar-refractivity contribution in [2.24, 2.45) is 0 Å². The number of anilines is 1. The molecule has 0 aliphatic rings. The first-order valence-electron chi connectivity index (χ1n) is 5.99. The first kappa shape index (κ1) is 13.5. The van der Waals surface area contributed by atoms with E-state index >= 15 is 0 Å². The van der Waals surface area contributed by atoms with E-state index in [4.69, 9.17) is 0 Å². The molecular formula is C13H21N3O. The van der Waals surface area contributed by atoms with Crippen molar-refractivity contribution in [3.8, 4) is 0 Å². The Morgan fingerprint density at radius 3 is 2.76 bits per heavy atom. The van der Waals surface area contributed by atoms with E-state index in [-0.39, 0.29) is 6.03 Å². The summed E-state index contributed by atoms with van der Waals surface area (Å²) in [5.74, 6) is 0. The Hall–Kier alpha value is -1.55. The lowest BCUT2D eigenvalue weighted by atomic mass is 10.2. The van der Waals surface area contributed by atoms with Gasteiger partial charge in [-0.1, -0.05) is 26.0 Å².